The van der Waals surface area contributed by atoms with E-state index in [4.69, 9.17) is 9.47 Å². The van der Waals surface area contributed by atoms with Crippen LogP contribution < -0.4 is 0 Å². The van der Waals surface area contributed by atoms with Crippen LogP contribution in [0.2, 0.25) is 0 Å². The molecule has 0 aromatic heterocycles. The fourth-order valence-electron chi connectivity index (χ4n) is 2.74. The molecule has 1 heterocycles. The van der Waals surface area contributed by atoms with E-state index < -0.39 is 17.7 Å². The highest BCUT2D eigenvalue weighted by atomic mass is 16.7. The van der Waals surface area contributed by atoms with Crippen molar-refractivity contribution < 1.29 is 19.4 Å². The molecule has 1 aromatic carbocycles. The van der Waals surface area contributed by atoms with Crippen LogP contribution in [-0.4, -0.2) is 24.3 Å². The molecule has 1 atom stereocenters. The normalized spacial score (nSPS) is 25.8. The lowest BCUT2D eigenvalue weighted by Crippen LogP contribution is -2.38. The van der Waals surface area contributed by atoms with Crippen LogP contribution in [0.5, 0.6) is 0 Å². The zero-order valence-corrected chi connectivity index (χ0v) is 9.39. The van der Waals surface area contributed by atoms with Crippen molar-refractivity contribution in [3.8, 4) is 0 Å². The zero-order valence-electron chi connectivity index (χ0n) is 9.39. The van der Waals surface area contributed by atoms with Gasteiger partial charge in [-0.05, 0) is 12.0 Å². The van der Waals surface area contributed by atoms with Gasteiger partial charge in [-0.3, -0.25) is 4.79 Å². The lowest BCUT2D eigenvalue weighted by molar-refractivity contribution is -0.190. The number of ether oxygens (including phenoxy) is 2. The van der Waals surface area contributed by atoms with Gasteiger partial charge < -0.3 is 14.6 Å². The molecule has 0 saturated carbocycles. The third-order valence-corrected chi connectivity index (χ3v) is 3.51. The van der Waals surface area contributed by atoms with Crippen LogP contribution in [0.25, 0.3) is 0 Å². The SMILES string of the molecule is O=C(O)C1Cc2ccccc2C2(C1)OCCO2. The molecule has 2 aliphatic rings. The molecule has 4 nitrogen and oxygen atoms in total. The van der Waals surface area contributed by atoms with Gasteiger partial charge >= 0.3 is 5.97 Å². The van der Waals surface area contributed by atoms with E-state index in [1.54, 1.807) is 0 Å². The summed E-state index contributed by atoms with van der Waals surface area (Å²) in [5.41, 5.74) is 2.02. The number of aliphatic carboxylic acids is 1. The molecular formula is C13H14O4. The molecule has 0 amide bonds. The Morgan fingerprint density at radius 3 is 2.71 bits per heavy atom. The van der Waals surface area contributed by atoms with Gasteiger partial charge in [0, 0.05) is 12.0 Å². The summed E-state index contributed by atoms with van der Waals surface area (Å²) in [6.07, 6.45) is 0.958. The number of rotatable bonds is 1. The van der Waals surface area contributed by atoms with Gasteiger partial charge in [0.25, 0.3) is 0 Å². The Balaban J connectivity index is 2.06. The summed E-state index contributed by atoms with van der Waals surface area (Å²) in [4.78, 5) is 11.2. The quantitative estimate of drug-likeness (QED) is 0.800. The number of benzene rings is 1. The standard InChI is InChI=1S/C13H14O4/c14-12(15)10-7-9-3-1-2-4-11(9)13(8-10)16-5-6-17-13/h1-4,10H,5-8H2,(H,14,15). The Morgan fingerprint density at radius 2 is 2.00 bits per heavy atom. The molecule has 17 heavy (non-hydrogen) atoms. The molecule has 1 N–H and O–H groups in total. The molecule has 1 spiro atoms. The van der Waals surface area contributed by atoms with Gasteiger partial charge in [0.15, 0.2) is 5.79 Å². The first-order chi connectivity index (χ1) is 8.21. The van der Waals surface area contributed by atoms with Crippen LogP contribution >= 0.6 is 0 Å². The third-order valence-electron chi connectivity index (χ3n) is 3.51. The van der Waals surface area contributed by atoms with Gasteiger partial charge in [-0.15, -0.1) is 0 Å². The minimum Gasteiger partial charge on any atom is -0.481 e. The summed E-state index contributed by atoms with van der Waals surface area (Å²) in [6, 6.07) is 7.79. The molecule has 0 radical (unpaired) electrons. The number of carbonyl (C=O) groups is 1. The van der Waals surface area contributed by atoms with Gasteiger partial charge in [-0.2, -0.15) is 0 Å². The predicted octanol–water partition coefficient (Wildman–Crippen LogP) is 1.53. The lowest BCUT2D eigenvalue weighted by atomic mass is 9.80. The Labute approximate surface area is 99.2 Å². The largest absolute Gasteiger partial charge is 0.481 e. The van der Waals surface area contributed by atoms with E-state index in [0.717, 1.165) is 11.1 Å². The lowest BCUT2D eigenvalue weighted by Gasteiger charge is -2.36. The van der Waals surface area contributed by atoms with Crippen LogP contribution in [0.15, 0.2) is 24.3 Å². The first-order valence-corrected chi connectivity index (χ1v) is 5.80. The Hall–Kier alpha value is -1.39. The summed E-state index contributed by atoms with van der Waals surface area (Å²) in [7, 11) is 0. The second-order valence-corrected chi connectivity index (χ2v) is 4.55. The Morgan fingerprint density at radius 1 is 1.29 bits per heavy atom. The summed E-state index contributed by atoms with van der Waals surface area (Å²) >= 11 is 0. The van der Waals surface area contributed by atoms with E-state index in [1.165, 1.54) is 0 Å². The fourth-order valence-corrected chi connectivity index (χ4v) is 2.74. The van der Waals surface area contributed by atoms with Crippen molar-refractivity contribution in [2.24, 2.45) is 5.92 Å². The van der Waals surface area contributed by atoms with E-state index in [2.05, 4.69) is 0 Å². The molecule has 1 aliphatic heterocycles. The topological polar surface area (TPSA) is 55.8 Å². The maximum Gasteiger partial charge on any atom is 0.307 e. The Bertz CT molecular complexity index is 448. The summed E-state index contributed by atoms with van der Waals surface area (Å²) < 4.78 is 11.4. The average molecular weight is 234 g/mol. The summed E-state index contributed by atoms with van der Waals surface area (Å²) in [5, 5.41) is 9.20. The minimum absolute atomic E-state index is 0.402. The smallest absolute Gasteiger partial charge is 0.307 e. The van der Waals surface area contributed by atoms with E-state index in [0.29, 0.717) is 26.1 Å². The molecule has 3 rings (SSSR count). The third kappa shape index (κ3) is 1.64. The highest BCUT2D eigenvalue weighted by Gasteiger charge is 2.46. The van der Waals surface area contributed by atoms with Crippen molar-refractivity contribution in [3.63, 3.8) is 0 Å². The maximum atomic E-state index is 11.2. The number of carboxylic acid groups (broad SMARTS) is 1. The molecule has 1 unspecified atom stereocenters. The first-order valence-electron chi connectivity index (χ1n) is 5.80. The number of hydrogen-bond acceptors (Lipinski definition) is 3. The van der Waals surface area contributed by atoms with Gasteiger partial charge in [-0.25, -0.2) is 0 Å². The Kier molecular flexibility index (Phi) is 2.42. The van der Waals surface area contributed by atoms with Crippen molar-refractivity contribution >= 4 is 5.97 Å². The molecular weight excluding hydrogens is 220 g/mol. The van der Waals surface area contributed by atoms with Gasteiger partial charge in [0.1, 0.15) is 0 Å². The molecule has 1 aliphatic carbocycles. The van der Waals surface area contributed by atoms with Crippen molar-refractivity contribution in [1.29, 1.82) is 0 Å². The molecule has 1 aromatic rings. The molecule has 90 valence electrons. The second-order valence-electron chi connectivity index (χ2n) is 4.55. The van der Waals surface area contributed by atoms with Crippen molar-refractivity contribution in [2.75, 3.05) is 13.2 Å². The summed E-state index contributed by atoms with van der Waals surface area (Å²) in [6.45, 7) is 1.06. The zero-order chi connectivity index (χ0) is 11.9. The highest BCUT2D eigenvalue weighted by Crippen LogP contribution is 2.44. The van der Waals surface area contributed by atoms with Crippen LogP contribution in [0.4, 0.5) is 0 Å². The molecule has 0 bridgehead atoms. The van der Waals surface area contributed by atoms with Gasteiger partial charge in [-0.1, -0.05) is 24.3 Å². The molecule has 1 saturated heterocycles. The van der Waals surface area contributed by atoms with E-state index >= 15 is 0 Å². The maximum absolute atomic E-state index is 11.2. The average Bonchev–Trinajstić information content (AvgIpc) is 2.78. The van der Waals surface area contributed by atoms with Crippen LogP contribution in [-0.2, 0) is 26.5 Å². The number of hydrogen-bond donors (Lipinski definition) is 1. The van der Waals surface area contributed by atoms with Gasteiger partial charge in [0.2, 0.25) is 0 Å². The number of carboxylic acids is 1. The number of fused-ring (bicyclic) bond motifs is 2. The van der Waals surface area contributed by atoms with Crippen molar-refractivity contribution in [3.05, 3.63) is 35.4 Å². The predicted molar refractivity (Wildman–Crippen MR) is 59.5 cm³/mol. The first kappa shape index (κ1) is 10.7. The van der Waals surface area contributed by atoms with Gasteiger partial charge in [0.05, 0.1) is 19.1 Å². The monoisotopic (exact) mass is 234 g/mol. The molecule has 1 fully saturated rings. The van der Waals surface area contributed by atoms with Crippen LogP contribution in [0.3, 0.4) is 0 Å². The molecule has 4 heteroatoms. The summed E-state index contributed by atoms with van der Waals surface area (Å²) in [5.74, 6) is -2.03. The van der Waals surface area contributed by atoms with Crippen LogP contribution in [0.1, 0.15) is 17.5 Å². The van der Waals surface area contributed by atoms with Crippen molar-refractivity contribution in [2.45, 2.75) is 18.6 Å². The highest BCUT2D eigenvalue weighted by molar-refractivity contribution is 5.71. The van der Waals surface area contributed by atoms with Crippen molar-refractivity contribution in [1.82, 2.24) is 0 Å². The van der Waals surface area contributed by atoms with E-state index in [9.17, 15) is 9.90 Å². The fraction of sp³-hybridized carbons (Fsp3) is 0.462. The minimum atomic E-state index is -0.822. The van der Waals surface area contributed by atoms with Crippen LogP contribution in [0, 0.1) is 5.92 Å². The second kappa shape index (κ2) is 3.82. The van der Waals surface area contributed by atoms with E-state index in [-0.39, 0.29) is 0 Å². The van der Waals surface area contributed by atoms with E-state index in [1.807, 2.05) is 24.3 Å².